The van der Waals surface area contributed by atoms with Crippen molar-refractivity contribution in [3.63, 3.8) is 0 Å². The highest BCUT2D eigenvalue weighted by atomic mass is 15.1. The molecule has 3 rings (SSSR count). The van der Waals surface area contributed by atoms with Crippen molar-refractivity contribution in [2.75, 3.05) is 31.1 Å². The molecule has 1 aromatic heterocycles. The fourth-order valence-electron chi connectivity index (χ4n) is 2.88. The Morgan fingerprint density at radius 3 is 3.21 bits per heavy atom. The average molecular weight is 255 g/mol. The number of hydrogen-bond acceptors (Lipinski definition) is 3. The molecule has 1 unspecified atom stereocenters. The molecule has 0 aliphatic carbocycles. The Bertz CT molecular complexity index is 547. The van der Waals surface area contributed by atoms with Crippen LogP contribution in [0.4, 0.5) is 5.69 Å². The minimum atomic E-state index is 0.678. The van der Waals surface area contributed by atoms with Crippen LogP contribution in [-0.4, -0.2) is 31.2 Å². The van der Waals surface area contributed by atoms with Gasteiger partial charge in [-0.2, -0.15) is 0 Å². The van der Waals surface area contributed by atoms with Crippen LogP contribution in [-0.2, 0) is 0 Å². The molecule has 3 heteroatoms. The number of nitrogens with one attached hydrogen (secondary N) is 1. The minimum absolute atomic E-state index is 0.678. The molecular weight excluding hydrogens is 234 g/mol. The van der Waals surface area contributed by atoms with Gasteiger partial charge in [0.2, 0.25) is 0 Å². The van der Waals surface area contributed by atoms with Crippen LogP contribution in [0.1, 0.15) is 13.3 Å². The second-order valence-electron chi connectivity index (χ2n) is 5.48. The largest absolute Gasteiger partial charge is 0.371 e. The topological polar surface area (TPSA) is 28.2 Å². The molecule has 3 nitrogen and oxygen atoms in total. The molecule has 0 radical (unpaired) electrons. The van der Waals surface area contributed by atoms with Crippen molar-refractivity contribution >= 4 is 16.5 Å². The van der Waals surface area contributed by atoms with E-state index in [1.807, 2.05) is 12.4 Å². The number of pyridine rings is 1. The van der Waals surface area contributed by atoms with Crippen molar-refractivity contribution in [3.05, 3.63) is 36.7 Å². The molecule has 0 spiro atoms. The molecule has 2 heterocycles. The maximum absolute atomic E-state index is 4.22. The molecule has 1 aliphatic rings. The number of hydrogen-bond donors (Lipinski definition) is 1. The Labute approximate surface area is 114 Å². The predicted molar refractivity (Wildman–Crippen MR) is 80.6 cm³/mol. The predicted octanol–water partition coefficient (Wildman–Crippen LogP) is 2.67. The maximum Gasteiger partial charge on any atom is 0.0447 e. The van der Waals surface area contributed by atoms with Crippen molar-refractivity contribution in [3.8, 4) is 0 Å². The smallest absolute Gasteiger partial charge is 0.0447 e. The van der Waals surface area contributed by atoms with E-state index in [4.69, 9.17) is 0 Å². The molecule has 1 aliphatic heterocycles. The highest BCUT2D eigenvalue weighted by Gasteiger charge is 2.15. The third-order valence-corrected chi connectivity index (χ3v) is 3.80. The molecule has 1 saturated heterocycles. The lowest BCUT2D eigenvalue weighted by atomic mass is 10.1. The van der Waals surface area contributed by atoms with E-state index in [1.165, 1.54) is 22.9 Å². The van der Waals surface area contributed by atoms with E-state index in [1.54, 1.807) is 0 Å². The first kappa shape index (κ1) is 12.4. The van der Waals surface area contributed by atoms with Crippen LogP contribution >= 0.6 is 0 Å². The molecule has 100 valence electrons. The summed E-state index contributed by atoms with van der Waals surface area (Å²) < 4.78 is 0. The number of rotatable bonds is 1. The monoisotopic (exact) mass is 255 g/mol. The van der Waals surface area contributed by atoms with Gasteiger partial charge in [0.1, 0.15) is 0 Å². The average Bonchev–Trinajstić information content (AvgIpc) is 2.42. The number of fused-ring (bicyclic) bond motifs is 1. The summed E-state index contributed by atoms with van der Waals surface area (Å²) in [5.41, 5.74) is 1.36. The summed E-state index contributed by atoms with van der Waals surface area (Å²) in [6, 6.07) is 8.65. The molecule has 0 bridgehead atoms. The van der Waals surface area contributed by atoms with Crippen molar-refractivity contribution in [1.29, 1.82) is 0 Å². The van der Waals surface area contributed by atoms with Crippen LogP contribution in [0.5, 0.6) is 0 Å². The SMILES string of the molecule is CC1CNCCCN(c2cccc3cnccc23)C1. The van der Waals surface area contributed by atoms with Crippen LogP contribution in [0, 0.1) is 5.92 Å². The Morgan fingerprint density at radius 1 is 1.32 bits per heavy atom. The van der Waals surface area contributed by atoms with Gasteiger partial charge in [-0.1, -0.05) is 19.1 Å². The molecule has 1 fully saturated rings. The van der Waals surface area contributed by atoms with Gasteiger partial charge in [0.05, 0.1) is 0 Å². The summed E-state index contributed by atoms with van der Waals surface area (Å²) in [4.78, 5) is 6.75. The van der Waals surface area contributed by atoms with E-state index >= 15 is 0 Å². The van der Waals surface area contributed by atoms with E-state index in [9.17, 15) is 0 Å². The zero-order chi connectivity index (χ0) is 13.1. The highest BCUT2D eigenvalue weighted by Crippen LogP contribution is 2.27. The zero-order valence-electron chi connectivity index (χ0n) is 11.5. The quantitative estimate of drug-likeness (QED) is 0.849. The van der Waals surface area contributed by atoms with Crippen LogP contribution in [0.25, 0.3) is 10.8 Å². The van der Waals surface area contributed by atoms with Gasteiger partial charge in [-0.25, -0.2) is 0 Å². The number of anilines is 1. The molecule has 1 aromatic carbocycles. The van der Waals surface area contributed by atoms with Crippen molar-refractivity contribution in [2.24, 2.45) is 5.92 Å². The number of nitrogens with zero attached hydrogens (tertiary/aromatic N) is 2. The molecule has 0 amide bonds. The summed E-state index contributed by atoms with van der Waals surface area (Å²) >= 11 is 0. The van der Waals surface area contributed by atoms with E-state index in [0.717, 1.165) is 26.2 Å². The van der Waals surface area contributed by atoms with E-state index in [-0.39, 0.29) is 0 Å². The first-order valence-corrected chi connectivity index (χ1v) is 7.13. The lowest BCUT2D eigenvalue weighted by Gasteiger charge is -2.31. The number of benzene rings is 1. The van der Waals surface area contributed by atoms with Gasteiger partial charge >= 0.3 is 0 Å². The zero-order valence-corrected chi connectivity index (χ0v) is 11.5. The highest BCUT2D eigenvalue weighted by molar-refractivity contribution is 5.93. The van der Waals surface area contributed by atoms with Gasteiger partial charge in [0, 0.05) is 41.9 Å². The summed E-state index contributed by atoms with van der Waals surface area (Å²) in [6.07, 6.45) is 5.04. The van der Waals surface area contributed by atoms with E-state index < -0.39 is 0 Å². The molecule has 2 aromatic rings. The van der Waals surface area contributed by atoms with Gasteiger partial charge in [-0.15, -0.1) is 0 Å². The van der Waals surface area contributed by atoms with E-state index in [0.29, 0.717) is 5.92 Å². The molecule has 19 heavy (non-hydrogen) atoms. The summed E-state index contributed by atoms with van der Waals surface area (Å²) in [7, 11) is 0. The van der Waals surface area contributed by atoms with Crippen LogP contribution in [0.2, 0.25) is 0 Å². The standard InChI is InChI=1S/C16H21N3/c1-13-10-17-7-3-9-19(12-13)16-5-2-4-14-11-18-8-6-15(14)16/h2,4-6,8,11,13,17H,3,7,9-10,12H2,1H3. The van der Waals surface area contributed by atoms with Gasteiger partial charge in [0.25, 0.3) is 0 Å². The van der Waals surface area contributed by atoms with E-state index in [2.05, 4.69) is 46.4 Å². The third-order valence-electron chi connectivity index (χ3n) is 3.80. The molecule has 1 N–H and O–H groups in total. The Hall–Kier alpha value is -1.61. The Kier molecular flexibility index (Phi) is 3.65. The van der Waals surface area contributed by atoms with Crippen molar-refractivity contribution < 1.29 is 0 Å². The Balaban J connectivity index is 1.97. The summed E-state index contributed by atoms with van der Waals surface area (Å²) in [5.74, 6) is 0.678. The van der Waals surface area contributed by atoms with Crippen LogP contribution < -0.4 is 10.2 Å². The summed E-state index contributed by atoms with van der Waals surface area (Å²) in [5, 5.41) is 6.06. The number of aromatic nitrogens is 1. The van der Waals surface area contributed by atoms with Gasteiger partial charge in [-0.05, 0) is 37.6 Å². The second kappa shape index (κ2) is 5.57. The maximum atomic E-state index is 4.22. The minimum Gasteiger partial charge on any atom is -0.371 e. The van der Waals surface area contributed by atoms with Gasteiger partial charge < -0.3 is 10.2 Å². The first-order valence-electron chi connectivity index (χ1n) is 7.13. The fraction of sp³-hybridized carbons (Fsp3) is 0.438. The fourth-order valence-corrected chi connectivity index (χ4v) is 2.88. The lowest BCUT2D eigenvalue weighted by Crippen LogP contribution is -2.38. The van der Waals surface area contributed by atoms with Crippen molar-refractivity contribution in [1.82, 2.24) is 10.3 Å². The first-order chi connectivity index (χ1) is 9.34. The molecule has 0 saturated carbocycles. The molecular formula is C16H21N3. The summed E-state index contributed by atoms with van der Waals surface area (Å²) in [6.45, 7) is 6.79. The normalized spacial score (nSPS) is 21.1. The third kappa shape index (κ3) is 2.71. The van der Waals surface area contributed by atoms with Crippen LogP contribution in [0.15, 0.2) is 36.7 Å². The molecule has 1 atom stereocenters. The second-order valence-corrected chi connectivity index (χ2v) is 5.48. The van der Waals surface area contributed by atoms with Crippen LogP contribution in [0.3, 0.4) is 0 Å². The van der Waals surface area contributed by atoms with Gasteiger partial charge in [-0.3, -0.25) is 4.98 Å². The Morgan fingerprint density at radius 2 is 2.26 bits per heavy atom. The van der Waals surface area contributed by atoms with Gasteiger partial charge in [0.15, 0.2) is 0 Å². The van der Waals surface area contributed by atoms with Crippen molar-refractivity contribution in [2.45, 2.75) is 13.3 Å². The lowest BCUT2D eigenvalue weighted by molar-refractivity contribution is 0.468.